The van der Waals surface area contributed by atoms with Gasteiger partial charge in [-0.25, -0.2) is 0 Å². The zero-order valence-corrected chi connectivity index (χ0v) is 16.6. The molecule has 5 heteroatoms. The van der Waals surface area contributed by atoms with Crippen molar-refractivity contribution in [1.29, 1.82) is 0 Å². The summed E-state index contributed by atoms with van der Waals surface area (Å²) < 4.78 is 0.830. The number of carbonyl (C=O) groups excluding carboxylic acids is 1. The van der Waals surface area contributed by atoms with Gasteiger partial charge in [-0.05, 0) is 72.5 Å². The molecule has 1 N–H and O–H groups in total. The number of likely N-dealkylation sites (tertiary alicyclic amines) is 1. The average Bonchev–Trinajstić information content (AvgIpc) is 2.61. The summed E-state index contributed by atoms with van der Waals surface area (Å²) in [5.41, 5.74) is 3.37. The quantitative estimate of drug-likeness (QED) is 0.730. The van der Waals surface area contributed by atoms with Gasteiger partial charge in [-0.3, -0.25) is 9.69 Å². The van der Waals surface area contributed by atoms with E-state index in [1.165, 1.54) is 11.1 Å². The van der Waals surface area contributed by atoms with Gasteiger partial charge in [0.1, 0.15) is 0 Å². The molecule has 132 valence electrons. The molecular weight excluding hydrogens is 400 g/mol. The number of nitrogens with zero attached hydrogens (tertiary/aromatic N) is 1. The average molecular weight is 422 g/mol. The van der Waals surface area contributed by atoms with Crippen molar-refractivity contribution in [3.05, 3.63) is 63.1 Å². The van der Waals surface area contributed by atoms with Gasteiger partial charge in [0.05, 0.1) is 5.02 Å². The van der Waals surface area contributed by atoms with Crippen molar-refractivity contribution < 1.29 is 4.79 Å². The van der Waals surface area contributed by atoms with E-state index in [0.717, 1.165) is 42.6 Å². The molecule has 0 bridgehead atoms. The van der Waals surface area contributed by atoms with E-state index in [0.29, 0.717) is 5.02 Å². The topological polar surface area (TPSA) is 32.3 Å². The Kier molecular flexibility index (Phi) is 6.15. The first kappa shape index (κ1) is 18.4. The van der Waals surface area contributed by atoms with Crippen LogP contribution in [0.1, 0.15) is 24.0 Å². The summed E-state index contributed by atoms with van der Waals surface area (Å²) >= 11 is 9.44. The van der Waals surface area contributed by atoms with Crippen LogP contribution in [-0.4, -0.2) is 23.9 Å². The van der Waals surface area contributed by atoms with Crippen LogP contribution in [0.2, 0.25) is 5.02 Å². The van der Waals surface area contributed by atoms with Crippen LogP contribution in [0.25, 0.3) is 0 Å². The van der Waals surface area contributed by atoms with E-state index >= 15 is 0 Å². The number of rotatable bonds is 4. The molecule has 2 aromatic carbocycles. The van der Waals surface area contributed by atoms with Crippen LogP contribution in [0.15, 0.2) is 46.9 Å². The van der Waals surface area contributed by atoms with E-state index in [9.17, 15) is 4.79 Å². The highest BCUT2D eigenvalue weighted by molar-refractivity contribution is 9.10. The first-order valence-electron chi connectivity index (χ1n) is 8.55. The molecule has 1 aliphatic heterocycles. The minimum atomic E-state index is 0.0664. The summed E-state index contributed by atoms with van der Waals surface area (Å²) in [6, 6.07) is 14.2. The molecule has 3 rings (SSSR count). The number of carbonyl (C=O) groups is 1. The summed E-state index contributed by atoms with van der Waals surface area (Å²) in [5, 5.41) is 3.59. The summed E-state index contributed by atoms with van der Waals surface area (Å²) in [6.45, 7) is 4.96. The van der Waals surface area contributed by atoms with E-state index in [-0.39, 0.29) is 11.8 Å². The van der Waals surface area contributed by atoms with Gasteiger partial charge in [-0.15, -0.1) is 0 Å². The highest BCUT2D eigenvalue weighted by Crippen LogP contribution is 2.27. The number of piperidine rings is 1. The van der Waals surface area contributed by atoms with E-state index in [1.54, 1.807) is 6.07 Å². The van der Waals surface area contributed by atoms with Crippen LogP contribution in [0.3, 0.4) is 0 Å². The normalized spacial score (nSPS) is 16.0. The Labute approximate surface area is 162 Å². The lowest BCUT2D eigenvalue weighted by Crippen LogP contribution is -2.37. The maximum Gasteiger partial charge on any atom is 0.227 e. The predicted octanol–water partition coefficient (Wildman–Crippen LogP) is 5.26. The molecule has 2 aromatic rings. The lowest BCUT2D eigenvalue weighted by molar-refractivity contribution is -0.121. The number of nitrogens with one attached hydrogen (secondary N) is 1. The standard InChI is InChI=1S/C20H22BrClN2O/c1-14-2-4-15(5-3-14)13-24-10-8-16(9-11-24)20(25)23-17-6-7-18(21)19(22)12-17/h2-7,12,16H,8-11,13H2,1H3,(H,23,25). The maximum absolute atomic E-state index is 12.5. The van der Waals surface area contributed by atoms with Gasteiger partial charge in [-0.2, -0.15) is 0 Å². The minimum Gasteiger partial charge on any atom is -0.326 e. The van der Waals surface area contributed by atoms with Gasteiger partial charge >= 0.3 is 0 Å². The summed E-state index contributed by atoms with van der Waals surface area (Å²) in [7, 11) is 0. The summed E-state index contributed by atoms with van der Waals surface area (Å²) in [5.74, 6) is 0.157. The van der Waals surface area contributed by atoms with Crippen molar-refractivity contribution in [2.45, 2.75) is 26.3 Å². The molecule has 1 amide bonds. The zero-order valence-electron chi connectivity index (χ0n) is 14.3. The first-order valence-corrected chi connectivity index (χ1v) is 9.72. The molecule has 0 saturated carbocycles. The fourth-order valence-corrected chi connectivity index (χ4v) is 3.55. The van der Waals surface area contributed by atoms with Gasteiger partial charge in [0.2, 0.25) is 5.91 Å². The third kappa shape index (κ3) is 5.06. The second-order valence-corrected chi connectivity index (χ2v) is 7.92. The monoisotopic (exact) mass is 420 g/mol. The van der Waals surface area contributed by atoms with Crippen molar-refractivity contribution >= 4 is 39.1 Å². The van der Waals surface area contributed by atoms with Crippen molar-refractivity contribution in [3.63, 3.8) is 0 Å². The molecule has 1 aliphatic rings. The molecule has 1 fully saturated rings. The van der Waals surface area contributed by atoms with Gasteiger partial charge < -0.3 is 5.32 Å². The molecule has 25 heavy (non-hydrogen) atoms. The van der Waals surface area contributed by atoms with Crippen LogP contribution in [0.4, 0.5) is 5.69 Å². The SMILES string of the molecule is Cc1ccc(CN2CCC(C(=O)Nc3ccc(Br)c(Cl)c3)CC2)cc1. The Balaban J connectivity index is 1.50. The van der Waals surface area contributed by atoms with Gasteiger partial charge in [-0.1, -0.05) is 41.4 Å². The fraction of sp³-hybridized carbons (Fsp3) is 0.350. The van der Waals surface area contributed by atoms with Crippen molar-refractivity contribution in [3.8, 4) is 0 Å². The zero-order chi connectivity index (χ0) is 17.8. The lowest BCUT2D eigenvalue weighted by Gasteiger charge is -2.31. The molecule has 0 atom stereocenters. The Morgan fingerprint density at radius 2 is 1.88 bits per heavy atom. The van der Waals surface area contributed by atoms with E-state index in [2.05, 4.69) is 57.3 Å². The van der Waals surface area contributed by atoms with Gasteiger partial charge in [0, 0.05) is 22.6 Å². The van der Waals surface area contributed by atoms with Gasteiger partial charge in [0.15, 0.2) is 0 Å². The van der Waals surface area contributed by atoms with Crippen LogP contribution >= 0.6 is 27.5 Å². The van der Waals surface area contributed by atoms with Crippen molar-refractivity contribution in [1.82, 2.24) is 4.90 Å². The van der Waals surface area contributed by atoms with Gasteiger partial charge in [0.25, 0.3) is 0 Å². The second-order valence-electron chi connectivity index (χ2n) is 6.65. The lowest BCUT2D eigenvalue weighted by atomic mass is 9.95. The predicted molar refractivity (Wildman–Crippen MR) is 107 cm³/mol. The van der Waals surface area contributed by atoms with Crippen LogP contribution in [0.5, 0.6) is 0 Å². The number of hydrogen-bond acceptors (Lipinski definition) is 2. The largest absolute Gasteiger partial charge is 0.326 e. The highest BCUT2D eigenvalue weighted by atomic mass is 79.9. The van der Waals surface area contributed by atoms with Crippen molar-refractivity contribution in [2.24, 2.45) is 5.92 Å². The molecule has 0 spiro atoms. The van der Waals surface area contributed by atoms with E-state index < -0.39 is 0 Å². The Morgan fingerprint density at radius 1 is 1.20 bits per heavy atom. The molecule has 3 nitrogen and oxygen atoms in total. The number of benzene rings is 2. The van der Waals surface area contributed by atoms with E-state index in [1.807, 2.05) is 12.1 Å². The number of anilines is 1. The fourth-order valence-electron chi connectivity index (χ4n) is 3.12. The summed E-state index contributed by atoms with van der Waals surface area (Å²) in [4.78, 5) is 14.9. The van der Waals surface area contributed by atoms with Crippen LogP contribution < -0.4 is 5.32 Å². The highest BCUT2D eigenvalue weighted by Gasteiger charge is 2.25. The number of amides is 1. The third-order valence-corrected chi connectivity index (χ3v) is 5.90. The number of aryl methyl sites for hydroxylation is 1. The third-order valence-electron chi connectivity index (χ3n) is 4.67. The smallest absolute Gasteiger partial charge is 0.227 e. The number of halogens is 2. The molecule has 0 radical (unpaired) electrons. The molecule has 1 heterocycles. The second kappa shape index (κ2) is 8.35. The Hall–Kier alpha value is -1.36. The molecule has 1 saturated heterocycles. The Bertz CT molecular complexity index is 740. The molecule has 0 unspecified atom stereocenters. The Morgan fingerprint density at radius 3 is 2.52 bits per heavy atom. The van der Waals surface area contributed by atoms with E-state index in [4.69, 9.17) is 11.6 Å². The molecule has 0 aromatic heterocycles. The number of hydrogen-bond donors (Lipinski definition) is 1. The van der Waals surface area contributed by atoms with Crippen LogP contribution in [-0.2, 0) is 11.3 Å². The first-order chi connectivity index (χ1) is 12.0. The van der Waals surface area contributed by atoms with Crippen LogP contribution in [0, 0.1) is 12.8 Å². The minimum absolute atomic E-state index is 0.0664. The summed E-state index contributed by atoms with van der Waals surface area (Å²) in [6.07, 6.45) is 1.78. The molecular formula is C20H22BrClN2O. The van der Waals surface area contributed by atoms with Crippen molar-refractivity contribution in [2.75, 3.05) is 18.4 Å². The molecule has 0 aliphatic carbocycles. The maximum atomic E-state index is 12.5.